The van der Waals surface area contributed by atoms with Gasteiger partial charge in [0.25, 0.3) is 0 Å². The van der Waals surface area contributed by atoms with Crippen LogP contribution in [0.1, 0.15) is 14.5 Å². The number of rotatable bonds is 1. The summed E-state index contributed by atoms with van der Waals surface area (Å²) in [6, 6.07) is 3.72. The molecule has 1 heterocycles. The Morgan fingerprint density at radius 3 is 2.54 bits per heavy atom. The number of aldehydes is 1. The second-order valence-electron chi connectivity index (χ2n) is 3.82. The van der Waals surface area contributed by atoms with E-state index in [-0.39, 0.29) is 0 Å². The summed E-state index contributed by atoms with van der Waals surface area (Å²) in [5.41, 5.74) is 3.26. The van der Waals surface area contributed by atoms with Crippen LogP contribution in [0.3, 0.4) is 0 Å². The van der Waals surface area contributed by atoms with E-state index in [0.717, 1.165) is 16.0 Å². The maximum Gasteiger partial charge on any atom is 0.160 e. The van der Waals surface area contributed by atoms with Crippen LogP contribution in [0.25, 0.3) is 0 Å². The maximum absolute atomic E-state index is 10.4. The third kappa shape index (κ3) is 3.58. The minimum absolute atomic E-state index is 0.750. The summed E-state index contributed by atoms with van der Waals surface area (Å²) in [7, 11) is -1.28. The largest absolute Gasteiger partial charge is 0.297 e. The fourth-order valence-corrected chi connectivity index (χ4v) is 2.01. The second-order valence-corrected chi connectivity index (χ2v) is 9.69. The van der Waals surface area contributed by atoms with Crippen molar-refractivity contribution in [2.24, 2.45) is 0 Å². The van der Waals surface area contributed by atoms with Crippen LogP contribution < -0.4 is 0 Å². The van der Waals surface area contributed by atoms with Gasteiger partial charge in [-0.3, -0.25) is 4.79 Å². The summed E-state index contributed by atoms with van der Waals surface area (Å²) in [5, 5.41) is 0. The van der Waals surface area contributed by atoms with E-state index in [2.05, 4.69) is 31.1 Å². The summed E-state index contributed by atoms with van der Waals surface area (Å²) >= 11 is 1.45. The first-order valence-electron chi connectivity index (χ1n) is 4.09. The number of carbonyl (C=O) groups excluding carboxylic acids is 1. The minimum atomic E-state index is -1.28. The highest BCUT2D eigenvalue weighted by Gasteiger charge is 2.07. The van der Waals surface area contributed by atoms with Crippen molar-refractivity contribution in [3.63, 3.8) is 0 Å². The first-order valence-corrected chi connectivity index (χ1v) is 8.41. The molecule has 1 aromatic rings. The maximum atomic E-state index is 10.4. The van der Waals surface area contributed by atoms with E-state index < -0.39 is 8.07 Å². The molecule has 0 aliphatic rings. The van der Waals surface area contributed by atoms with Gasteiger partial charge in [0.15, 0.2) is 6.29 Å². The lowest BCUT2D eigenvalue weighted by Gasteiger charge is -2.02. The van der Waals surface area contributed by atoms with Gasteiger partial charge in [-0.1, -0.05) is 25.6 Å². The molecule has 0 amide bonds. The van der Waals surface area contributed by atoms with Gasteiger partial charge in [0.05, 0.1) is 9.75 Å². The van der Waals surface area contributed by atoms with E-state index in [9.17, 15) is 4.79 Å². The molecule has 0 saturated carbocycles. The van der Waals surface area contributed by atoms with Gasteiger partial charge in [0.1, 0.15) is 8.07 Å². The Bertz CT molecular complexity index is 362. The van der Waals surface area contributed by atoms with Crippen molar-refractivity contribution in [1.29, 1.82) is 0 Å². The molecule has 1 rings (SSSR count). The monoisotopic (exact) mass is 208 g/mol. The quantitative estimate of drug-likeness (QED) is 0.394. The van der Waals surface area contributed by atoms with Crippen LogP contribution in [0.2, 0.25) is 19.6 Å². The predicted molar refractivity (Wildman–Crippen MR) is 59.9 cm³/mol. The summed E-state index contributed by atoms with van der Waals surface area (Å²) in [6.07, 6.45) is 0.865. The predicted octanol–water partition coefficient (Wildman–Crippen LogP) is 2.79. The van der Waals surface area contributed by atoms with Crippen LogP contribution in [0.4, 0.5) is 0 Å². The van der Waals surface area contributed by atoms with Crippen molar-refractivity contribution >= 4 is 25.7 Å². The van der Waals surface area contributed by atoms with Gasteiger partial charge in [-0.15, -0.1) is 16.9 Å². The first kappa shape index (κ1) is 10.2. The number of thiophene rings is 1. The molecule has 0 spiro atoms. The highest BCUT2D eigenvalue weighted by molar-refractivity contribution is 7.14. The molecule has 0 aliphatic heterocycles. The number of hydrogen-bond acceptors (Lipinski definition) is 2. The van der Waals surface area contributed by atoms with Crippen LogP contribution in [0.15, 0.2) is 12.1 Å². The van der Waals surface area contributed by atoms with Gasteiger partial charge < -0.3 is 0 Å². The van der Waals surface area contributed by atoms with Crippen LogP contribution in [-0.4, -0.2) is 14.4 Å². The Hall–Kier alpha value is -0.853. The highest BCUT2D eigenvalue weighted by atomic mass is 32.1. The summed E-state index contributed by atoms with van der Waals surface area (Å²) in [4.78, 5) is 12.1. The zero-order valence-corrected chi connectivity index (χ0v) is 9.87. The normalized spacial score (nSPS) is 10.4. The van der Waals surface area contributed by atoms with Gasteiger partial charge in [-0.05, 0) is 12.1 Å². The fourth-order valence-electron chi connectivity index (χ4n) is 0.732. The van der Waals surface area contributed by atoms with Crippen molar-refractivity contribution < 1.29 is 4.79 Å². The van der Waals surface area contributed by atoms with Crippen LogP contribution in [0.5, 0.6) is 0 Å². The summed E-state index contributed by atoms with van der Waals surface area (Å²) < 4.78 is 0. The smallest absolute Gasteiger partial charge is 0.160 e. The van der Waals surface area contributed by atoms with E-state index in [1.165, 1.54) is 11.3 Å². The molecule has 0 saturated heterocycles. The summed E-state index contributed by atoms with van der Waals surface area (Å²) in [5.74, 6) is 3.11. The molecule has 68 valence electrons. The third-order valence-corrected chi connectivity index (χ3v) is 3.10. The van der Waals surface area contributed by atoms with Crippen molar-refractivity contribution in [3.8, 4) is 11.5 Å². The SMILES string of the molecule is C[Si](C)(C)C#Cc1ccc(C=O)s1. The fraction of sp³-hybridized carbons (Fsp3) is 0.300. The van der Waals surface area contributed by atoms with Gasteiger partial charge in [0, 0.05) is 0 Å². The second kappa shape index (κ2) is 3.90. The van der Waals surface area contributed by atoms with Crippen LogP contribution in [0, 0.1) is 11.5 Å². The average molecular weight is 208 g/mol. The van der Waals surface area contributed by atoms with Crippen LogP contribution in [-0.2, 0) is 0 Å². The molecule has 13 heavy (non-hydrogen) atoms. The highest BCUT2D eigenvalue weighted by Crippen LogP contribution is 2.13. The van der Waals surface area contributed by atoms with E-state index in [1.807, 2.05) is 12.1 Å². The van der Waals surface area contributed by atoms with Crippen molar-refractivity contribution in [2.45, 2.75) is 19.6 Å². The third-order valence-electron chi connectivity index (χ3n) is 1.30. The Labute approximate surface area is 83.8 Å². The lowest BCUT2D eigenvalue weighted by Crippen LogP contribution is -2.16. The van der Waals surface area contributed by atoms with E-state index in [4.69, 9.17) is 0 Å². The molecule has 1 aromatic heterocycles. The molecule has 3 heteroatoms. The Morgan fingerprint density at radius 1 is 1.38 bits per heavy atom. The molecule has 0 unspecified atom stereocenters. The van der Waals surface area contributed by atoms with Crippen LogP contribution >= 0.6 is 11.3 Å². The molecule has 0 fully saturated rings. The van der Waals surface area contributed by atoms with Gasteiger partial charge in [0.2, 0.25) is 0 Å². The van der Waals surface area contributed by atoms with Crippen molar-refractivity contribution in [3.05, 3.63) is 21.9 Å². The lowest BCUT2D eigenvalue weighted by atomic mass is 10.4. The van der Waals surface area contributed by atoms with E-state index in [1.54, 1.807) is 0 Å². The molecule has 0 radical (unpaired) electrons. The molecule has 0 bridgehead atoms. The topological polar surface area (TPSA) is 17.1 Å². The Morgan fingerprint density at radius 2 is 2.08 bits per heavy atom. The molecule has 1 nitrogen and oxygen atoms in total. The van der Waals surface area contributed by atoms with Gasteiger partial charge in [-0.2, -0.15) is 0 Å². The van der Waals surface area contributed by atoms with E-state index in [0.29, 0.717) is 0 Å². The number of carbonyl (C=O) groups is 1. The molecule has 0 aliphatic carbocycles. The molecule has 0 N–H and O–H groups in total. The molecular formula is C10H12OSSi. The molecule has 0 atom stereocenters. The molecular weight excluding hydrogens is 196 g/mol. The van der Waals surface area contributed by atoms with Crippen molar-refractivity contribution in [1.82, 2.24) is 0 Å². The van der Waals surface area contributed by atoms with Gasteiger partial charge in [-0.25, -0.2) is 0 Å². The number of hydrogen-bond donors (Lipinski definition) is 0. The zero-order chi connectivity index (χ0) is 9.90. The van der Waals surface area contributed by atoms with Crippen molar-refractivity contribution in [2.75, 3.05) is 0 Å². The molecule has 0 aromatic carbocycles. The average Bonchev–Trinajstić information content (AvgIpc) is 2.47. The first-order chi connectivity index (χ1) is 6.01. The van der Waals surface area contributed by atoms with Gasteiger partial charge >= 0.3 is 0 Å². The Balaban J connectivity index is 2.84. The summed E-state index contributed by atoms with van der Waals surface area (Å²) in [6.45, 7) is 6.61. The minimum Gasteiger partial charge on any atom is -0.297 e. The Kier molecular flexibility index (Phi) is 3.07. The zero-order valence-electron chi connectivity index (χ0n) is 8.05. The lowest BCUT2D eigenvalue weighted by molar-refractivity contribution is 0.112. The van der Waals surface area contributed by atoms with E-state index >= 15 is 0 Å². The standard InChI is InChI=1S/C10H12OSSi/c1-13(2,3)7-6-9-4-5-10(8-11)12-9/h4-5,8H,1-3H3.